The van der Waals surface area contributed by atoms with Gasteiger partial charge in [-0.05, 0) is 43.0 Å². The van der Waals surface area contributed by atoms with Crippen molar-refractivity contribution in [2.24, 2.45) is 5.92 Å². The van der Waals surface area contributed by atoms with Crippen molar-refractivity contribution in [3.05, 3.63) is 29.6 Å². The van der Waals surface area contributed by atoms with E-state index in [1.165, 1.54) is 12.1 Å². The van der Waals surface area contributed by atoms with Gasteiger partial charge in [0, 0.05) is 5.69 Å². The van der Waals surface area contributed by atoms with Crippen molar-refractivity contribution in [1.29, 1.82) is 0 Å². The molecule has 4 heteroatoms. The minimum Gasteiger partial charge on any atom is -0.480 e. The molecule has 0 heterocycles. The first kappa shape index (κ1) is 13.5. The Balaban J connectivity index is 2.82. The van der Waals surface area contributed by atoms with E-state index >= 15 is 0 Å². The van der Waals surface area contributed by atoms with E-state index < -0.39 is 12.0 Å². The summed E-state index contributed by atoms with van der Waals surface area (Å²) in [6, 6.07) is 3.77. The molecular weight excluding hydrogens is 221 g/mol. The summed E-state index contributed by atoms with van der Waals surface area (Å²) in [7, 11) is 0. The number of aliphatic carboxylic acids is 1. The largest absolute Gasteiger partial charge is 0.480 e. The molecule has 0 aromatic heterocycles. The number of aryl methyl sites for hydroxylation is 1. The zero-order valence-corrected chi connectivity index (χ0v) is 10.3. The standard InChI is InChI=1S/C13H18FNO2/c1-8(2)4-12(13(16)17)15-11-6-9(3)5-10(14)7-11/h5-8,12,15H,4H2,1-3H3,(H,16,17). The smallest absolute Gasteiger partial charge is 0.326 e. The molecule has 0 spiro atoms. The molecule has 1 unspecified atom stereocenters. The number of carbonyl (C=O) groups is 1. The Morgan fingerprint density at radius 2 is 2.06 bits per heavy atom. The molecule has 1 aromatic carbocycles. The van der Waals surface area contributed by atoms with Crippen molar-refractivity contribution >= 4 is 11.7 Å². The highest BCUT2D eigenvalue weighted by Crippen LogP contribution is 2.17. The van der Waals surface area contributed by atoms with Crippen LogP contribution in [0, 0.1) is 18.7 Å². The molecule has 0 amide bonds. The maximum atomic E-state index is 13.2. The highest BCUT2D eigenvalue weighted by atomic mass is 19.1. The second kappa shape index (κ2) is 5.66. The van der Waals surface area contributed by atoms with Crippen LogP contribution >= 0.6 is 0 Å². The molecule has 0 radical (unpaired) electrons. The predicted molar refractivity (Wildman–Crippen MR) is 65.6 cm³/mol. The first-order chi connectivity index (χ1) is 7.88. The van der Waals surface area contributed by atoms with E-state index in [2.05, 4.69) is 5.32 Å². The summed E-state index contributed by atoms with van der Waals surface area (Å²) < 4.78 is 13.2. The Kier molecular flexibility index (Phi) is 4.49. The summed E-state index contributed by atoms with van der Waals surface area (Å²) >= 11 is 0. The van der Waals surface area contributed by atoms with Crippen LogP contribution in [0.2, 0.25) is 0 Å². The quantitative estimate of drug-likeness (QED) is 0.830. The summed E-state index contributed by atoms with van der Waals surface area (Å²) in [5, 5.41) is 11.9. The van der Waals surface area contributed by atoms with Gasteiger partial charge in [-0.2, -0.15) is 0 Å². The highest BCUT2D eigenvalue weighted by molar-refractivity contribution is 5.77. The minimum absolute atomic E-state index is 0.262. The van der Waals surface area contributed by atoms with Crippen LogP contribution in [0.5, 0.6) is 0 Å². The van der Waals surface area contributed by atoms with Crippen molar-refractivity contribution in [2.45, 2.75) is 33.2 Å². The van der Waals surface area contributed by atoms with Crippen LogP contribution in [-0.4, -0.2) is 17.1 Å². The van der Waals surface area contributed by atoms with Gasteiger partial charge in [-0.25, -0.2) is 9.18 Å². The molecule has 3 nitrogen and oxygen atoms in total. The third-order valence-electron chi connectivity index (χ3n) is 2.39. The first-order valence-corrected chi connectivity index (χ1v) is 5.65. The fourth-order valence-corrected chi connectivity index (χ4v) is 1.71. The number of hydrogen-bond acceptors (Lipinski definition) is 2. The lowest BCUT2D eigenvalue weighted by atomic mass is 10.0. The number of benzene rings is 1. The number of carboxylic acid groups (broad SMARTS) is 1. The zero-order valence-electron chi connectivity index (χ0n) is 10.3. The summed E-state index contributed by atoms with van der Waals surface area (Å²) in [6.45, 7) is 5.68. The Hall–Kier alpha value is -1.58. The third kappa shape index (κ3) is 4.43. The van der Waals surface area contributed by atoms with E-state index in [0.29, 0.717) is 12.1 Å². The fraction of sp³-hybridized carbons (Fsp3) is 0.462. The van der Waals surface area contributed by atoms with Crippen LogP contribution in [0.25, 0.3) is 0 Å². The Labute approximate surface area is 101 Å². The third-order valence-corrected chi connectivity index (χ3v) is 2.39. The highest BCUT2D eigenvalue weighted by Gasteiger charge is 2.18. The van der Waals surface area contributed by atoms with Crippen LogP contribution in [0.1, 0.15) is 25.8 Å². The van der Waals surface area contributed by atoms with Gasteiger partial charge in [-0.1, -0.05) is 13.8 Å². The van der Waals surface area contributed by atoms with E-state index in [1.807, 2.05) is 13.8 Å². The lowest BCUT2D eigenvalue weighted by Crippen LogP contribution is -2.30. The van der Waals surface area contributed by atoms with Crippen molar-refractivity contribution in [2.75, 3.05) is 5.32 Å². The average molecular weight is 239 g/mol. The van der Waals surface area contributed by atoms with E-state index in [1.54, 1.807) is 13.0 Å². The van der Waals surface area contributed by atoms with E-state index in [0.717, 1.165) is 5.56 Å². The molecule has 0 fully saturated rings. The molecule has 0 aliphatic rings. The summed E-state index contributed by atoms with van der Waals surface area (Å²) in [5.41, 5.74) is 1.27. The van der Waals surface area contributed by atoms with Crippen LogP contribution in [0.4, 0.5) is 10.1 Å². The molecule has 0 saturated heterocycles. The van der Waals surface area contributed by atoms with Gasteiger partial charge in [-0.3, -0.25) is 0 Å². The topological polar surface area (TPSA) is 49.3 Å². The Morgan fingerprint density at radius 3 is 2.53 bits per heavy atom. The monoisotopic (exact) mass is 239 g/mol. The van der Waals surface area contributed by atoms with Gasteiger partial charge < -0.3 is 10.4 Å². The molecule has 0 aliphatic heterocycles. The fourth-order valence-electron chi connectivity index (χ4n) is 1.71. The molecule has 2 N–H and O–H groups in total. The predicted octanol–water partition coefficient (Wildman–Crippen LogP) is 3.05. The summed E-state index contributed by atoms with van der Waals surface area (Å²) in [6.07, 6.45) is 0.505. The van der Waals surface area contributed by atoms with Gasteiger partial charge >= 0.3 is 5.97 Å². The second-order valence-electron chi connectivity index (χ2n) is 4.68. The van der Waals surface area contributed by atoms with Crippen molar-refractivity contribution < 1.29 is 14.3 Å². The van der Waals surface area contributed by atoms with Crippen LogP contribution in [0.15, 0.2) is 18.2 Å². The maximum absolute atomic E-state index is 13.2. The molecule has 1 aromatic rings. The summed E-state index contributed by atoms with van der Waals surface area (Å²) in [5.74, 6) is -1.01. The second-order valence-corrected chi connectivity index (χ2v) is 4.68. The molecule has 0 aliphatic carbocycles. The SMILES string of the molecule is Cc1cc(F)cc(NC(CC(C)C)C(=O)O)c1. The average Bonchev–Trinajstić information content (AvgIpc) is 2.13. The molecule has 1 rings (SSSR count). The number of halogens is 1. The van der Waals surface area contributed by atoms with E-state index in [-0.39, 0.29) is 11.7 Å². The van der Waals surface area contributed by atoms with E-state index in [9.17, 15) is 9.18 Å². The lowest BCUT2D eigenvalue weighted by molar-refractivity contribution is -0.138. The minimum atomic E-state index is -0.916. The van der Waals surface area contributed by atoms with Gasteiger partial charge in [0.25, 0.3) is 0 Å². The van der Waals surface area contributed by atoms with Crippen LogP contribution in [0.3, 0.4) is 0 Å². The van der Waals surface area contributed by atoms with Gasteiger partial charge in [0.05, 0.1) is 0 Å². The van der Waals surface area contributed by atoms with Crippen molar-refractivity contribution in [3.63, 3.8) is 0 Å². The van der Waals surface area contributed by atoms with Gasteiger partial charge in [0.2, 0.25) is 0 Å². The molecular formula is C13H18FNO2. The van der Waals surface area contributed by atoms with Gasteiger partial charge in [-0.15, -0.1) is 0 Å². The molecule has 0 saturated carbocycles. The zero-order chi connectivity index (χ0) is 13.0. The number of carboxylic acids is 1. The number of nitrogens with one attached hydrogen (secondary N) is 1. The lowest BCUT2D eigenvalue weighted by Gasteiger charge is -2.18. The Bertz CT molecular complexity index is 384. The van der Waals surface area contributed by atoms with Crippen molar-refractivity contribution in [1.82, 2.24) is 0 Å². The van der Waals surface area contributed by atoms with Gasteiger partial charge in [0.1, 0.15) is 11.9 Å². The summed E-state index contributed by atoms with van der Waals surface area (Å²) in [4.78, 5) is 11.1. The molecule has 0 bridgehead atoms. The van der Waals surface area contributed by atoms with E-state index in [4.69, 9.17) is 5.11 Å². The number of hydrogen-bond donors (Lipinski definition) is 2. The van der Waals surface area contributed by atoms with Crippen LogP contribution < -0.4 is 5.32 Å². The number of rotatable bonds is 5. The molecule has 17 heavy (non-hydrogen) atoms. The van der Waals surface area contributed by atoms with Crippen molar-refractivity contribution in [3.8, 4) is 0 Å². The molecule has 94 valence electrons. The number of anilines is 1. The Morgan fingerprint density at radius 1 is 1.41 bits per heavy atom. The maximum Gasteiger partial charge on any atom is 0.326 e. The first-order valence-electron chi connectivity index (χ1n) is 5.65. The van der Waals surface area contributed by atoms with Crippen LogP contribution in [-0.2, 0) is 4.79 Å². The normalized spacial score (nSPS) is 12.5. The van der Waals surface area contributed by atoms with Gasteiger partial charge in [0.15, 0.2) is 0 Å². The molecule has 1 atom stereocenters.